The Hall–Kier alpha value is -1.42. The second-order valence-electron chi connectivity index (χ2n) is 4.99. The Balaban J connectivity index is 1.84. The summed E-state index contributed by atoms with van der Waals surface area (Å²) >= 11 is 0. The van der Waals surface area contributed by atoms with Crippen molar-refractivity contribution in [3.8, 4) is 11.5 Å². The van der Waals surface area contributed by atoms with Crippen LogP contribution in [-0.2, 0) is 0 Å². The molecule has 0 saturated carbocycles. The molecule has 1 unspecified atom stereocenters. The normalized spacial score (nSPS) is 18.9. The van der Waals surface area contributed by atoms with Crippen molar-refractivity contribution in [1.82, 2.24) is 5.32 Å². The predicted octanol–water partition coefficient (Wildman–Crippen LogP) is 2.51. The molecule has 1 atom stereocenters. The van der Waals surface area contributed by atoms with Crippen LogP contribution in [0.2, 0.25) is 0 Å². The number of hydrogen-bond donors (Lipinski definition) is 2. The Kier molecular flexibility index (Phi) is 5.33. The van der Waals surface area contributed by atoms with Gasteiger partial charge in [-0.2, -0.15) is 0 Å². The average molecular weight is 264 g/mol. The summed E-state index contributed by atoms with van der Waals surface area (Å²) < 4.78 is 10.6. The van der Waals surface area contributed by atoms with Gasteiger partial charge in [-0.05, 0) is 50.4 Å². The van der Waals surface area contributed by atoms with Crippen LogP contribution in [-0.4, -0.2) is 33.9 Å². The average Bonchev–Trinajstić information content (AvgIpc) is 2.48. The van der Waals surface area contributed by atoms with E-state index in [-0.39, 0.29) is 0 Å². The zero-order chi connectivity index (χ0) is 13.5. The van der Waals surface area contributed by atoms with Gasteiger partial charge in [-0.15, -0.1) is 0 Å². The highest BCUT2D eigenvalue weighted by atomic mass is 16.5. The zero-order valence-corrected chi connectivity index (χ0v) is 11.9. The molecule has 19 heavy (non-hydrogen) atoms. The number of hydrogen-bond acceptors (Lipinski definition) is 4. The van der Waals surface area contributed by atoms with Crippen LogP contribution in [0, 0.1) is 5.92 Å². The fourth-order valence-electron chi connectivity index (χ4n) is 2.53. The lowest BCUT2D eigenvalue weighted by Crippen LogP contribution is -2.30. The third kappa shape index (κ3) is 4.03. The summed E-state index contributed by atoms with van der Waals surface area (Å²) in [4.78, 5) is 0. The molecule has 1 heterocycles. The third-order valence-electron chi connectivity index (χ3n) is 3.68. The van der Waals surface area contributed by atoms with Gasteiger partial charge in [-0.1, -0.05) is 0 Å². The molecule has 4 heteroatoms. The third-order valence-corrected chi connectivity index (χ3v) is 3.68. The van der Waals surface area contributed by atoms with Gasteiger partial charge >= 0.3 is 0 Å². The monoisotopic (exact) mass is 264 g/mol. The van der Waals surface area contributed by atoms with Crippen molar-refractivity contribution in [2.45, 2.75) is 19.3 Å². The van der Waals surface area contributed by atoms with E-state index in [0.29, 0.717) is 0 Å². The minimum atomic E-state index is 0.797. The van der Waals surface area contributed by atoms with Gasteiger partial charge in [-0.3, -0.25) is 0 Å². The summed E-state index contributed by atoms with van der Waals surface area (Å²) in [5.41, 5.74) is 1.03. The number of anilines is 1. The maximum Gasteiger partial charge on any atom is 0.145 e. The fourth-order valence-corrected chi connectivity index (χ4v) is 2.53. The van der Waals surface area contributed by atoms with Crippen LogP contribution >= 0.6 is 0 Å². The van der Waals surface area contributed by atoms with Gasteiger partial charge < -0.3 is 20.1 Å². The van der Waals surface area contributed by atoms with E-state index >= 15 is 0 Å². The molecule has 4 nitrogen and oxygen atoms in total. The molecule has 2 N–H and O–H groups in total. The molecule has 1 aromatic carbocycles. The van der Waals surface area contributed by atoms with Crippen LogP contribution < -0.4 is 20.1 Å². The van der Waals surface area contributed by atoms with Crippen molar-refractivity contribution in [3.05, 3.63) is 18.2 Å². The molecule has 0 bridgehead atoms. The molecule has 1 aliphatic rings. The quantitative estimate of drug-likeness (QED) is 0.828. The number of ether oxygens (including phenoxy) is 2. The summed E-state index contributed by atoms with van der Waals surface area (Å²) in [5.74, 6) is 2.45. The van der Waals surface area contributed by atoms with Crippen molar-refractivity contribution in [1.29, 1.82) is 0 Å². The Morgan fingerprint density at radius 3 is 2.89 bits per heavy atom. The van der Waals surface area contributed by atoms with Gasteiger partial charge in [0.2, 0.25) is 0 Å². The standard InChI is InChI=1S/C15H24N2O2/c1-18-13-5-6-14(15(10-13)19-2)17-9-7-12-4-3-8-16-11-12/h5-6,10,12,16-17H,3-4,7-9,11H2,1-2H3. The molecule has 0 amide bonds. The molecule has 1 fully saturated rings. The van der Waals surface area contributed by atoms with Crippen LogP contribution in [0.15, 0.2) is 18.2 Å². The summed E-state index contributed by atoms with van der Waals surface area (Å²) in [7, 11) is 3.35. The number of nitrogens with one attached hydrogen (secondary N) is 2. The maximum absolute atomic E-state index is 5.38. The molecule has 1 saturated heterocycles. The summed E-state index contributed by atoms with van der Waals surface area (Å²) in [6, 6.07) is 5.87. The first kappa shape index (κ1) is 14.0. The molecule has 1 aromatic rings. The van der Waals surface area contributed by atoms with Crippen molar-refractivity contribution < 1.29 is 9.47 Å². The first-order valence-corrected chi connectivity index (χ1v) is 7.00. The Morgan fingerprint density at radius 2 is 2.21 bits per heavy atom. The second kappa shape index (κ2) is 7.24. The molecule has 0 radical (unpaired) electrons. The van der Waals surface area contributed by atoms with Gasteiger partial charge in [0.05, 0.1) is 19.9 Å². The van der Waals surface area contributed by atoms with E-state index in [9.17, 15) is 0 Å². The van der Waals surface area contributed by atoms with Crippen LogP contribution in [0.4, 0.5) is 5.69 Å². The highest BCUT2D eigenvalue weighted by Crippen LogP contribution is 2.29. The number of methoxy groups -OCH3 is 2. The SMILES string of the molecule is COc1ccc(NCCC2CCCNC2)c(OC)c1. The molecule has 0 spiro atoms. The Morgan fingerprint density at radius 1 is 1.32 bits per heavy atom. The van der Waals surface area contributed by atoms with E-state index in [4.69, 9.17) is 9.47 Å². The van der Waals surface area contributed by atoms with Crippen molar-refractivity contribution in [2.24, 2.45) is 5.92 Å². The van der Waals surface area contributed by atoms with E-state index in [1.54, 1.807) is 14.2 Å². The van der Waals surface area contributed by atoms with Crippen molar-refractivity contribution in [3.63, 3.8) is 0 Å². The van der Waals surface area contributed by atoms with Crippen LogP contribution in [0.5, 0.6) is 11.5 Å². The maximum atomic E-state index is 5.38. The van der Waals surface area contributed by atoms with E-state index in [0.717, 1.165) is 36.2 Å². The second-order valence-corrected chi connectivity index (χ2v) is 4.99. The Bertz CT molecular complexity index is 390. The molecular formula is C15H24N2O2. The minimum Gasteiger partial charge on any atom is -0.497 e. The molecule has 0 aromatic heterocycles. The number of benzene rings is 1. The van der Waals surface area contributed by atoms with E-state index in [1.165, 1.54) is 25.8 Å². The summed E-state index contributed by atoms with van der Waals surface area (Å²) in [6.07, 6.45) is 3.84. The van der Waals surface area contributed by atoms with Gasteiger partial charge in [0.15, 0.2) is 0 Å². The van der Waals surface area contributed by atoms with E-state index in [2.05, 4.69) is 10.6 Å². The highest BCUT2D eigenvalue weighted by molar-refractivity contribution is 5.59. The largest absolute Gasteiger partial charge is 0.497 e. The van der Waals surface area contributed by atoms with Gasteiger partial charge in [0, 0.05) is 12.6 Å². The van der Waals surface area contributed by atoms with E-state index < -0.39 is 0 Å². The molecule has 1 aliphatic heterocycles. The van der Waals surface area contributed by atoms with Crippen molar-refractivity contribution >= 4 is 5.69 Å². The number of rotatable bonds is 6. The Labute approximate surface area is 115 Å². The van der Waals surface area contributed by atoms with Gasteiger partial charge in [0.25, 0.3) is 0 Å². The molecule has 106 valence electrons. The van der Waals surface area contributed by atoms with Crippen LogP contribution in [0.1, 0.15) is 19.3 Å². The van der Waals surface area contributed by atoms with E-state index in [1.807, 2.05) is 18.2 Å². The predicted molar refractivity (Wildman–Crippen MR) is 78.2 cm³/mol. The summed E-state index contributed by atoms with van der Waals surface area (Å²) in [6.45, 7) is 3.31. The molecule has 0 aliphatic carbocycles. The highest BCUT2D eigenvalue weighted by Gasteiger charge is 2.12. The molecule has 2 rings (SSSR count). The lowest BCUT2D eigenvalue weighted by atomic mass is 9.96. The van der Waals surface area contributed by atoms with Crippen molar-refractivity contribution in [2.75, 3.05) is 39.2 Å². The molecular weight excluding hydrogens is 240 g/mol. The fraction of sp³-hybridized carbons (Fsp3) is 0.600. The lowest BCUT2D eigenvalue weighted by molar-refractivity contribution is 0.364. The van der Waals surface area contributed by atoms with Crippen LogP contribution in [0.25, 0.3) is 0 Å². The topological polar surface area (TPSA) is 42.5 Å². The minimum absolute atomic E-state index is 0.797. The van der Waals surface area contributed by atoms with Crippen LogP contribution in [0.3, 0.4) is 0 Å². The van der Waals surface area contributed by atoms with Gasteiger partial charge in [0.1, 0.15) is 11.5 Å². The lowest BCUT2D eigenvalue weighted by Gasteiger charge is -2.23. The first-order valence-electron chi connectivity index (χ1n) is 7.00. The number of piperidine rings is 1. The van der Waals surface area contributed by atoms with Gasteiger partial charge in [-0.25, -0.2) is 0 Å². The first-order chi connectivity index (χ1) is 9.33. The zero-order valence-electron chi connectivity index (χ0n) is 11.9. The smallest absolute Gasteiger partial charge is 0.145 e. The summed E-state index contributed by atoms with van der Waals surface area (Å²) in [5, 5.41) is 6.91.